The summed E-state index contributed by atoms with van der Waals surface area (Å²) in [5.74, 6) is -2.70. The molecule has 0 spiro atoms. The van der Waals surface area contributed by atoms with Gasteiger partial charge in [0.25, 0.3) is 0 Å². The summed E-state index contributed by atoms with van der Waals surface area (Å²) >= 11 is 0. The number of rotatable bonds is 4. The van der Waals surface area contributed by atoms with Gasteiger partial charge in [-0.05, 0) is 13.8 Å². The van der Waals surface area contributed by atoms with Crippen LogP contribution >= 0.6 is 7.37 Å². The van der Waals surface area contributed by atoms with Crippen LogP contribution < -0.4 is 0 Å². The van der Waals surface area contributed by atoms with Gasteiger partial charge in [-0.15, -0.1) is 0 Å². The van der Waals surface area contributed by atoms with Crippen LogP contribution in [0.2, 0.25) is 0 Å². The molecule has 21 heavy (non-hydrogen) atoms. The van der Waals surface area contributed by atoms with E-state index in [1.165, 1.54) is 32.1 Å². The van der Waals surface area contributed by atoms with Gasteiger partial charge >= 0.3 is 11.9 Å². The van der Waals surface area contributed by atoms with Crippen molar-refractivity contribution in [3.8, 4) is 0 Å². The van der Waals surface area contributed by atoms with Crippen LogP contribution in [-0.4, -0.2) is 50.6 Å². The van der Waals surface area contributed by atoms with Gasteiger partial charge < -0.3 is 20.2 Å². The predicted octanol–water partition coefficient (Wildman–Crippen LogP) is 1.32. The first-order valence-electron chi connectivity index (χ1n) is 6.36. The molecule has 0 fully saturated rings. The van der Waals surface area contributed by atoms with Gasteiger partial charge in [0.05, 0.1) is 16.6 Å². The molecular formula is C13H21O7P. The van der Waals surface area contributed by atoms with Crippen molar-refractivity contribution in [1.82, 2.24) is 0 Å². The van der Waals surface area contributed by atoms with E-state index in [0.717, 1.165) is 0 Å². The number of carbonyl (C=O) groups is 2. The highest BCUT2D eigenvalue weighted by molar-refractivity contribution is 7.59. The van der Waals surface area contributed by atoms with E-state index in [0.29, 0.717) is 0 Å². The van der Waals surface area contributed by atoms with Gasteiger partial charge in [0, 0.05) is 12.8 Å². The lowest BCUT2D eigenvalue weighted by atomic mass is 9.79. The molecule has 7 nitrogen and oxygen atoms in total. The Bertz CT molecular complexity index is 509. The van der Waals surface area contributed by atoms with Crippen LogP contribution in [0.15, 0.2) is 23.8 Å². The van der Waals surface area contributed by atoms with Crippen molar-refractivity contribution < 1.29 is 34.4 Å². The molecule has 0 aromatic heterocycles. The van der Waals surface area contributed by atoms with Crippen molar-refractivity contribution in [2.75, 3.05) is 12.8 Å². The number of carboxylic acids is 2. The third-order valence-electron chi connectivity index (χ3n) is 3.15. The molecule has 0 saturated heterocycles. The number of hydrogen-bond acceptors (Lipinski definition) is 4. The van der Waals surface area contributed by atoms with E-state index >= 15 is 0 Å². The minimum atomic E-state index is -3.92. The summed E-state index contributed by atoms with van der Waals surface area (Å²) in [7, 11) is -3.92. The average molecular weight is 320 g/mol. The molecule has 120 valence electrons. The summed E-state index contributed by atoms with van der Waals surface area (Å²) in [6, 6.07) is 0. The van der Waals surface area contributed by atoms with Crippen LogP contribution in [-0.2, 0) is 14.2 Å². The lowest BCUT2D eigenvalue weighted by Crippen LogP contribution is -2.42. The summed E-state index contributed by atoms with van der Waals surface area (Å²) in [5.41, 5.74) is -3.46. The van der Waals surface area contributed by atoms with Gasteiger partial charge in [-0.25, -0.2) is 4.79 Å². The van der Waals surface area contributed by atoms with Crippen molar-refractivity contribution in [2.24, 2.45) is 5.41 Å². The molecule has 1 aliphatic rings. The highest BCUT2D eigenvalue weighted by Gasteiger charge is 2.52. The van der Waals surface area contributed by atoms with E-state index in [2.05, 4.69) is 0 Å². The number of carboxylic acid groups (broad SMARTS) is 2. The molecule has 0 aromatic rings. The van der Waals surface area contributed by atoms with Gasteiger partial charge in [-0.3, -0.25) is 9.36 Å². The molecule has 0 amide bonds. The molecule has 0 radical (unpaired) electrons. The predicted molar refractivity (Wildman–Crippen MR) is 77.5 cm³/mol. The Balaban J connectivity index is 0.00000122. The van der Waals surface area contributed by atoms with Crippen molar-refractivity contribution in [3.05, 3.63) is 23.8 Å². The van der Waals surface area contributed by atoms with Gasteiger partial charge in [-0.2, -0.15) is 0 Å². The molecule has 8 heteroatoms. The smallest absolute Gasteiger partial charge is 0.332 e. The maximum Gasteiger partial charge on any atom is 0.332 e. The highest BCUT2D eigenvalue weighted by atomic mass is 31.2. The van der Waals surface area contributed by atoms with E-state index in [1.54, 1.807) is 6.92 Å². The Morgan fingerprint density at radius 2 is 1.81 bits per heavy atom. The molecule has 0 saturated carbocycles. The Labute approximate surface area is 123 Å². The topological polar surface area (TPSA) is 132 Å². The zero-order chi connectivity index (χ0) is 16.8. The first-order valence-corrected chi connectivity index (χ1v) is 8.28. The number of aliphatic hydroxyl groups is 1. The summed E-state index contributed by atoms with van der Waals surface area (Å²) in [5, 5.41) is 25.8. The van der Waals surface area contributed by atoms with Crippen molar-refractivity contribution in [2.45, 2.75) is 26.4 Å². The van der Waals surface area contributed by atoms with Crippen LogP contribution in [0.4, 0.5) is 0 Å². The van der Waals surface area contributed by atoms with Gasteiger partial charge in [0.1, 0.15) is 0 Å². The standard InChI is InChI=1S/C11H15O6P.C2H6O/c1-3-18(16,17)8-7(9(12)13)5-4-6-11(8,2)10(14)15;1-2-3/h4-6,8H,3H2,1-2H3,(H,12,13)(H,14,15)(H,16,17);3H,2H2,1H3. The maximum absolute atomic E-state index is 12.1. The van der Waals surface area contributed by atoms with E-state index < -0.39 is 30.4 Å². The molecule has 1 rings (SSSR count). The minimum Gasteiger partial charge on any atom is -0.481 e. The summed E-state index contributed by atoms with van der Waals surface area (Å²) in [6.07, 6.45) is 3.55. The normalized spacial score (nSPS) is 26.9. The molecule has 0 bridgehead atoms. The van der Waals surface area contributed by atoms with E-state index in [1.807, 2.05) is 0 Å². The molecule has 1 aliphatic carbocycles. The number of aliphatic hydroxyl groups excluding tert-OH is 1. The second-order valence-corrected chi connectivity index (χ2v) is 7.32. The Kier molecular flexibility index (Phi) is 7.03. The Morgan fingerprint density at radius 3 is 2.14 bits per heavy atom. The van der Waals surface area contributed by atoms with Crippen LogP contribution in [0.5, 0.6) is 0 Å². The number of hydrogen-bond donors (Lipinski definition) is 4. The third-order valence-corrected chi connectivity index (χ3v) is 5.67. The molecule has 4 N–H and O–H groups in total. The third kappa shape index (κ3) is 4.27. The van der Waals surface area contributed by atoms with E-state index in [-0.39, 0.29) is 18.3 Å². The minimum absolute atomic E-state index is 0.182. The lowest BCUT2D eigenvalue weighted by Gasteiger charge is -2.36. The van der Waals surface area contributed by atoms with Crippen molar-refractivity contribution >= 4 is 19.3 Å². The number of allylic oxidation sites excluding steroid dienone is 2. The van der Waals surface area contributed by atoms with Crippen LogP contribution in [0.1, 0.15) is 20.8 Å². The summed E-state index contributed by atoms with van der Waals surface area (Å²) < 4.78 is 12.1. The average Bonchev–Trinajstić information content (AvgIpc) is 2.38. The van der Waals surface area contributed by atoms with Gasteiger partial charge in [-0.1, -0.05) is 25.2 Å². The first-order chi connectivity index (χ1) is 9.58. The largest absolute Gasteiger partial charge is 0.481 e. The second-order valence-electron chi connectivity index (χ2n) is 4.66. The fraction of sp³-hybridized carbons (Fsp3) is 0.538. The quantitative estimate of drug-likeness (QED) is 0.574. The van der Waals surface area contributed by atoms with Crippen molar-refractivity contribution in [1.29, 1.82) is 0 Å². The molecule has 0 heterocycles. The van der Waals surface area contributed by atoms with Gasteiger partial charge in [0.15, 0.2) is 0 Å². The van der Waals surface area contributed by atoms with Crippen LogP contribution in [0.25, 0.3) is 0 Å². The molecule has 3 atom stereocenters. The zero-order valence-corrected chi connectivity index (χ0v) is 13.1. The second kappa shape index (κ2) is 7.54. The monoisotopic (exact) mass is 320 g/mol. The fourth-order valence-corrected chi connectivity index (χ4v) is 4.08. The molecule has 0 aromatic carbocycles. The van der Waals surface area contributed by atoms with E-state index in [4.69, 9.17) is 10.2 Å². The molecular weight excluding hydrogens is 299 g/mol. The van der Waals surface area contributed by atoms with Crippen LogP contribution in [0.3, 0.4) is 0 Å². The Hall–Kier alpha value is -1.43. The molecule has 3 unspecified atom stereocenters. The maximum atomic E-state index is 12.1. The SMILES string of the molecule is CCO.CCP(=O)(O)C1C(C(=O)O)=CC=CC1(C)C(=O)O. The fourth-order valence-electron chi connectivity index (χ4n) is 2.05. The van der Waals surface area contributed by atoms with Crippen molar-refractivity contribution in [3.63, 3.8) is 0 Å². The first kappa shape index (κ1) is 19.6. The lowest BCUT2D eigenvalue weighted by molar-refractivity contribution is -0.145. The highest BCUT2D eigenvalue weighted by Crippen LogP contribution is 2.57. The van der Waals surface area contributed by atoms with Crippen LogP contribution in [0, 0.1) is 5.41 Å². The number of aliphatic carboxylic acids is 2. The zero-order valence-electron chi connectivity index (χ0n) is 12.2. The molecule has 0 aliphatic heterocycles. The van der Waals surface area contributed by atoms with Gasteiger partial charge in [0.2, 0.25) is 7.37 Å². The summed E-state index contributed by atoms with van der Waals surface area (Å²) in [6.45, 7) is 4.62. The summed E-state index contributed by atoms with van der Waals surface area (Å²) in [4.78, 5) is 32.3. The van der Waals surface area contributed by atoms with E-state index in [9.17, 15) is 24.2 Å². The Morgan fingerprint density at radius 1 is 1.33 bits per heavy atom.